The number of nitriles is 1. The van der Waals surface area contributed by atoms with Crippen LogP contribution in [0.25, 0.3) is 11.8 Å². The van der Waals surface area contributed by atoms with Gasteiger partial charge in [0.25, 0.3) is 5.91 Å². The number of carbonyl (C=O) groups excluding carboxylic acids is 1. The number of hydrogen-bond acceptors (Lipinski definition) is 4. The lowest BCUT2D eigenvalue weighted by molar-refractivity contribution is -0.125. The molecule has 0 N–H and O–H groups in total. The smallest absolute Gasteiger partial charge is 0.264 e. The molecule has 0 spiro atoms. The Morgan fingerprint density at radius 1 is 1.28 bits per heavy atom. The number of nitrogens with zero attached hydrogens (tertiary/aromatic N) is 3. The summed E-state index contributed by atoms with van der Waals surface area (Å²) in [6.45, 7) is 4.48. The van der Waals surface area contributed by atoms with E-state index in [2.05, 4.69) is 10.6 Å². The third kappa shape index (κ3) is 4.41. The van der Waals surface area contributed by atoms with Crippen LogP contribution in [0.15, 0.2) is 53.4 Å². The highest BCUT2D eigenvalue weighted by molar-refractivity contribution is 7.09. The van der Waals surface area contributed by atoms with E-state index in [9.17, 15) is 10.1 Å². The lowest BCUT2D eigenvalue weighted by Crippen LogP contribution is -2.26. The second kappa shape index (κ2) is 8.80. The number of rotatable bonds is 6. The summed E-state index contributed by atoms with van der Waals surface area (Å²) in [4.78, 5) is 15.4. The topological polar surface area (TPSA) is 58.3 Å². The third-order valence-corrected chi connectivity index (χ3v) is 5.63. The van der Waals surface area contributed by atoms with Gasteiger partial charge >= 0.3 is 0 Å². The molecule has 0 unspecified atom stereocenters. The van der Waals surface area contributed by atoms with Gasteiger partial charge in [-0.2, -0.15) is 5.26 Å². The van der Waals surface area contributed by atoms with Gasteiger partial charge in [0, 0.05) is 29.0 Å². The van der Waals surface area contributed by atoms with Crippen LogP contribution in [0.4, 0.5) is 0 Å². The van der Waals surface area contributed by atoms with Gasteiger partial charge < -0.3 is 14.2 Å². The molecule has 2 aromatic heterocycles. The zero-order chi connectivity index (χ0) is 21.0. The maximum atomic E-state index is 12.8. The van der Waals surface area contributed by atoms with Crippen molar-refractivity contribution in [2.24, 2.45) is 0 Å². The first kappa shape index (κ1) is 20.4. The number of aromatic nitrogens is 1. The Balaban J connectivity index is 1.89. The fourth-order valence-electron chi connectivity index (χ4n) is 3.27. The molecule has 5 nitrogen and oxygen atoms in total. The van der Waals surface area contributed by atoms with Crippen molar-refractivity contribution in [2.75, 3.05) is 14.2 Å². The molecule has 3 aromatic rings. The van der Waals surface area contributed by atoms with Crippen molar-refractivity contribution in [3.8, 4) is 17.5 Å². The van der Waals surface area contributed by atoms with E-state index >= 15 is 0 Å². The van der Waals surface area contributed by atoms with Crippen molar-refractivity contribution in [1.82, 2.24) is 9.47 Å². The Bertz CT molecular complexity index is 1070. The Labute approximate surface area is 175 Å². The van der Waals surface area contributed by atoms with Gasteiger partial charge in [0.05, 0.1) is 13.7 Å². The molecule has 1 amide bonds. The summed E-state index contributed by atoms with van der Waals surface area (Å²) >= 11 is 1.59. The van der Waals surface area contributed by atoms with E-state index in [0.29, 0.717) is 6.54 Å². The minimum absolute atomic E-state index is 0.124. The summed E-state index contributed by atoms with van der Waals surface area (Å²) in [5, 5.41) is 11.6. The highest BCUT2D eigenvalue weighted by Gasteiger charge is 2.17. The van der Waals surface area contributed by atoms with Crippen LogP contribution in [0.2, 0.25) is 0 Å². The van der Waals surface area contributed by atoms with Gasteiger partial charge in [0.2, 0.25) is 0 Å². The molecule has 0 saturated carbocycles. The maximum Gasteiger partial charge on any atom is 0.264 e. The average Bonchev–Trinajstić information content (AvgIpc) is 3.33. The van der Waals surface area contributed by atoms with E-state index in [1.165, 1.54) is 0 Å². The zero-order valence-electron chi connectivity index (χ0n) is 17.0. The van der Waals surface area contributed by atoms with Crippen molar-refractivity contribution in [2.45, 2.75) is 20.4 Å². The second-order valence-corrected chi connectivity index (χ2v) is 7.80. The number of carbonyl (C=O) groups is 1. The molecule has 0 aliphatic carbocycles. The molecule has 2 heterocycles. The largest absolute Gasteiger partial charge is 0.497 e. The number of thiophene rings is 1. The SMILES string of the molecule is COc1ccc(-n2c(C)cc(/C=C(\C#N)C(=O)N(C)Cc3cccs3)c2C)cc1. The van der Waals surface area contributed by atoms with E-state index in [0.717, 1.165) is 33.3 Å². The monoisotopic (exact) mass is 405 g/mol. The Morgan fingerprint density at radius 2 is 2.00 bits per heavy atom. The number of benzene rings is 1. The molecular formula is C23H23N3O2S. The minimum Gasteiger partial charge on any atom is -0.497 e. The molecule has 148 valence electrons. The van der Waals surface area contributed by atoms with Crippen molar-refractivity contribution in [1.29, 1.82) is 5.26 Å². The number of amides is 1. The van der Waals surface area contributed by atoms with Crippen LogP contribution in [-0.2, 0) is 11.3 Å². The molecule has 1 aromatic carbocycles. The highest BCUT2D eigenvalue weighted by atomic mass is 32.1. The van der Waals surface area contributed by atoms with Gasteiger partial charge in [0.15, 0.2) is 0 Å². The quantitative estimate of drug-likeness (QED) is 0.440. The normalized spacial score (nSPS) is 11.2. The minimum atomic E-state index is -0.282. The van der Waals surface area contributed by atoms with Crippen molar-refractivity contribution < 1.29 is 9.53 Å². The van der Waals surface area contributed by atoms with Crippen LogP contribution in [0.1, 0.15) is 21.8 Å². The first-order valence-corrected chi connectivity index (χ1v) is 10.1. The van der Waals surface area contributed by atoms with E-state index < -0.39 is 0 Å². The van der Waals surface area contributed by atoms with Gasteiger partial charge in [-0.1, -0.05) is 6.07 Å². The second-order valence-electron chi connectivity index (χ2n) is 6.77. The van der Waals surface area contributed by atoms with Crippen molar-refractivity contribution in [3.05, 3.63) is 75.2 Å². The number of methoxy groups -OCH3 is 1. The number of likely N-dealkylation sites (N-methyl/N-ethyl adjacent to an activating group) is 1. The Kier molecular flexibility index (Phi) is 6.20. The molecule has 0 saturated heterocycles. The molecule has 0 fully saturated rings. The predicted molar refractivity (Wildman–Crippen MR) is 116 cm³/mol. The molecule has 29 heavy (non-hydrogen) atoms. The third-order valence-electron chi connectivity index (χ3n) is 4.77. The van der Waals surface area contributed by atoms with Crippen LogP contribution < -0.4 is 4.74 Å². The first-order chi connectivity index (χ1) is 13.9. The first-order valence-electron chi connectivity index (χ1n) is 9.17. The molecule has 0 radical (unpaired) electrons. The van der Waals surface area contributed by atoms with E-state index in [1.807, 2.05) is 61.7 Å². The Hall–Kier alpha value is -3.30. The predicted octanol–water partition coefficient (Wildman–Crippen LogP) is 4.73. The van der Waals surface area contributed by atoms with Crippen LogP contribution in [0, 0.1) is 25.2 Å². The fraction of sp³-hybridized carbons (Fsp3) is 0.217. The number of ether oxygens (including phenoxy) is 1. The molecule has 0 bridgehead atoms. The highest BCUT2D eigenvalue weighted by Crippen LogP contribution is 2.25. The summed E-state index contributed by atoms with van der Waals surface area (Å²) in [6.07, 6.45) is 1.68. The van der Waals surface area contributed by atoms with Crippen LogP contribution in [0.5, 0.6) is 5.75 Å². The molecule has 0 atom stereocenters. The lowest BCUT2D eigenvalue weighted by Gasteiger charge is -2.15. The summed E-state index contributed by atoms with van der Waals surface area (Å²) in [5.74, 6) is 0.512. The number of aryl methyl sites for hydroxylation is 1. The lowest BCUT2D eigenvalue weighted by atomic mass is 10.1. The summed E-state index contributed by atoms with van der Waals surface area (Å²) in [6, 6.07) is 15.8. The zero-order valence-corrected chi connectivity index (χ0v) is 17.8. The van der Waals surface area contributed by atoms with Crippen LogP contribution >= 0.6 is 11.3 Å². The molecule has 6 heteroatoms. The van der Waals surface area contributed by atoms with Crippen LogP contribution in [0.3, 0.4) is 0 Å². The molecular weight excluding hydrogens is 382 g/mol. The van der Waals surface area contributed by atoms with Crippen molar-refractivity contribution in [3.63, 3.8) is 0 Å². The van der Waals surface area contributed by atoms with Gasteiger partial charge in [0.1, 0.15) is 17.4 Å². The van der Waals surface area contributed by atoms with Crippen LogP contribution in [-0.4, -0.2) is 29.5 Å². The summed E-state index contributed by atoms with van der Waals surface area (Å²) in [7, 11) is 3.35. The van der Waals surface area contributed by atoms with Gasteiger partial charge in [-0.25, -0.2) is 0 Å². The fourth-order valence-corrected chi connectivity index (χ4v) is 4.03. The van der Waals surface area contributed by atoms with Crippen molar-refractivity contribution >= 4 is 23.3 Å². The number of hydrogen-bond donors (Lipinski definition) is 0. The summed E-state index contributed by atoms with van der Waals surface area (Å²) < 4.78 is 7.33. The standard InChI is InChI=1S/C23H23N3O2S/c1-16-12-18(17(2)26(16)20-7-9-21(28-4)10-8-20)13-19(14-24)23(27)25(3)15-22-6-5-11-29-22/h5-13H,15H2,1-4H3/b19-13+. The van der Waals surface area contributed by atoms with E-state index in [1.54, 1.807) is 36.5 Å². The van der Waals surface area contributed by atoms with Gasteiger partial charge in [-0.3, -0.25) is 4.79 Å². The maximum absolute atomic E-state index is 12.8. The van der Waals surface area contributed by atoms with E-state index in [4.69, 9.17) is 4.74 Å². The summed E-state index contributed by atoms with van der Waals surface area (Å²) in [5.41, 5.74) is 3.97. The Morgan fingerprint density at radius 3 is 2.59 bits per heavy atom. The molecule has 3 rings (SSSR count). The average molecular weight is 406 g/mol. The molecule has 0 aliphatic heterocycles. The molecule has 0 aliphatic rings. The van der Waals surface area contributed by atoms with E-state index in [-0.39, 0.29) is 11.5 Å². The van der Waals surface area contributed by atoms with Gasteiger partial charge in [-0.15, -0.1) is 11.3 Å². The van der Waals surface area contributed by atoms with Gasteiger partial charge in [-0.05, 0) is 67.3 Å².